The molecule has 1 aliphatic rings. The van der Waals surface area contributed by atoms with E-state index in [9.17, 15) is 9.90 Å². The molecular formula is C16H22O2S. The van der Waals surface area contributed by atoms with Crippen LogP contribution in [0.5, 0.6) is 0 Å². The van der Waals surface area contributed by atoms with E-state index in [2.05, 4.69) is 20.8 Å². The van der Waals surface area contributed by atoms with Crippen LogP contribution in [0.25, 0.3) is 0 Å². The molecule has 0 amide bonds. The van der Waals surface area contributed by atoms with Crippen LogP contribution in [0, 0.1) is 18.3 Å². The Morgan fingerprint density at radius 1 is 1.32 bits per heavy atom. The maximum Gasteiger partial charge on any atom is 0.320 e. The summed E-state index contributed by atoms with van der Waals surface area (Å²) in [4.78, 5) is 12.8. The molecule has 0 atom stereocenters. The highest BCUT2D eigenvalue weighted by atomic mass is 32.2. The molecule has 19 heavy (non-hydrogen) atoms. The lowest BCUT2D eigenvalue weighted by atomic mass is 9.62. The van der Waals surface area contributed by atoms with Gasteiger partial charge in [-0.1, -0.05) is 39.0 Å². The average Bonchev–Trinajstić information content (AvgIpc) is 2.23. The highest BCUT2D eigenvalue weighted by Gasteiger charge is 2.54. The zero-order chi connectivity index (χ0) is 14.3. The van der Waals surface area contributed by atoms with Crippen molar-refractivity contribution < 1.29 is 9.90 Å². The van der Waals surface area contributed by atoms with Crippen molar-refractivity contribution in [3.8, 4) is 0 Å². The van der Waals surface area contributed by atoms with Crippen LogP contribution in [-0.2, 0) is 4.79 Å². The second-order valence-electron chi connectivity index (χ2n) is 6.64. The summed E-state index contributed by atoms with van der Waals surface area (Å²) >= 11 is 1.53. The third kappa shape index (κ3) is 2.81. The quantitative estimate of drug-likeness (QED) is 0.892. The minimum Gasteiger partial charge on any atom is -0.480 e. The number of hydrogen-bond acceptors (Lipinski definition) is 2. The maximum atomic E-state index is 11.7. The van der Waals surface area contributed by atoms with Crippen LogP contribution in [0.3, 0.4) is 0 Å². The molecule has 1 N–H and O–H groups in total. The molecule has 1 aliphatic carbocycles. The number of benzene rings is 1. The highest BCUT2D eigenvalue weighted by Crippen LogP contribution is 2.56. The minimum atomic E-state index is -0.666. The van der Waals surface area contributed by atoms with E-state index in [0.29, 0.717) is 5.92 Å². The highest BCUT2D eigenvalue weighted by molar-refractivity contribution is 8.01. The first-order valence-electron chi connectivity index (χ1n) is 6.73. The Hall–Kier alpha value is -0.960. The van der Waals surface area contributed by atoms with Crippen LogP contribution in [0.4, 0.5) is 0 Å². The standard InChI is InChI=1S/C16H22O2S/c1-11-7-5-6-8-13(11)19-16(14(17)18)9-12(10-16)15(2,3)4/h5-8,12H,9-10H2,1-4H3,(H,17,18). The lowest BCUT2D eigenvalue weighted by Gasteiger charge is -2.49. The number of carboxylic acid groups (broad SMARTS) is 1. The van der Waals surface area contributed by atoms with E-state index in [0.717, 1.165) is 23.3 Å². The Kier molecular flexibility index (Phi) is 3.69. The Balaban J connectivity index is 2.17. The topological polar surface area (TPSA) is 37.3 Å². The summed E-state index contributed by atoms with van der Waals surface area (Å²) in [5, 5.41) is 9.60. The molecule has 1 aromatic rings. The molecule has 1 fully saturated rings. The van der Waals surface area contributed by atoms with Crippen LogP contribution in [-0.4, -0.2) is 15.8 Å². The summed E-state index contributed by atoms with van der Waals surface area (Å²) in [5.41, 5.74) is 1.36. The zero-order valence-electron chi connectivity index (χ0n) is 12.1. The minimum absolute atomic E-state index is 0.200. The predicted molar refractivity (Wildman–Crippen MR) is 79.6 cm³/mol. The molecule has 2 nitrogen and oxygen atoms in total. The van der Waals surface area contributed by atoms with Gasteiger partial charge in [0.15, 0.2) is 0 Å². The molecule has 0 spiro atoms. The number of rotatable bonds is 3. The summed E-state index contributed by atoms with van der Waals surface area (Å²) in [5.74, 6) is -0.165. The van der Waals surface area contributed by atoms with Crippen molar-refractivity contribution in [2.75, 3.05) is 0 Å². The molecule has 104 valence electrons. The van der Waals surface area contributed by atoms with Crippen LogP contribution in [0.15, 0.2) is 29.2 Å². The molecule has 0 aromatic heterocycles. The summed E-state index contributed by atoms with van der Waals surface area (Å²) in [6.07, 6.45) is 1.54. The molecule has 2 rings (SSSR count). The second-order valence-corrected chi connectivity index (χ2v) is 8.06. The van der Waals surface area contributed by atoms with E-state index in [1.807, 2.05) is 31.2 Å². The third-order valence-corrected chi connectivity index (χ3v) is 5.74. The summed E-state index contributed by atoms with van der Waals surface area (Å²) in [6.45, 7) is 8.63. The largest absolute Gasteiger partial charge is 0.480 e. The first-order valence-corrected chi connectivity index (χ1v) is 7.54. The summed E-state index contributed by atoms with van der Waals surface area (Å²) < 4.78 is -0.621. The molecule has 0 radical (unpaired) electrons. The summed E-state index contributed by atoms with van der Waals surface area (Å²) in [6, 6.07) is 8.03. The molecule has 0 heterocycles. The number of aliphatic carboxylic acids is 1. The number of carbonyl (C=O) groups is 1. The molecule has 0 saturated heterocycles. The van der Waals surface area contributed by atoms with Gasteiger partial charge in [-0.05, 0) is 42.7 Å². The fraction of sp³-hybridized carbons (Fsp3) is 0.562. The van der Waals surface area contributed by atoms with E-state index in [4.69, 9.17) is 0 Å². The fourth-order valence-corrected chi connectivity index (χ4v) is 3.98. The Bertz CT molecular complexity index is 482. The fourth-order valence-electron chi connectivity index (χ4n) is 2.53. The van der Waals surface area contributed by atoms with Gasteiger partial charge in [-0.2, -0.15) is 0 Å². The van der Waals surface area contributed by atoms with Gasteiger partial charge in [0.2, 0.25) is 0 Å². The molecule has 0 unspecified atom stereocenters. The van der Waals surface area contributed by atoms with Crippen molar-refractivity contribution in [1.82, 2.24) is 0 Å². The van der Waals surface area contributed by atoms with Crippen LogP contribution in [0.2, 0.25) is 0 Å². The maximum absolute atomic E-state index is 11.7. The Morgan fingerprint density at radius 2 is 1.89 bits per heavy atom. The third-order valence-electron chi connectivity index (χ3n) is 4.17. The van der Waals surface area contributed by atoms with E-state index in [1.54, 1.807) is 0 Å². The van der Waals surface area contributed by atoms with E-state index >= 15 is 0 Å². The summed E-state index contributed by atoms with van der Waals surface area (Å²) in [7, 11) is 0. The second kappa shape index (κ2) is 4.86. The van der Waals surface area contributed by atoms with E-state index < -0.39 is 10.7 Å². The smallest absolute Gasteiger partial charge is 0.320 e. The molecule has 0 aliphatic heterocycles. The van der Waals surface area contributed by atoms with Gasteiger partial charge < -0.3 is 5.11 Å². The average molecular weight is 278 g/mol. The Morgan fingerprint density at radius 3 is 2.37 bits per heavy atom. The molecular weight excluding hydrogens is 256 g/mol. The van der Waals surface area contributed by atoms with Crippen molar-refractivity contribution in [1.29, 1.82) is 0 Å². The van der Waals surface area contributed by atoms with Crippen LogP contribution < -0.4 is 0 Å². The van der Waals surface area contributed by atoms with Crippen LogP contribution >= 0.6 is 11.8 Å². The van der Waals surface area contributed by atoms with Crippen molar-refractivity contribution in [3.05, 3.63) is 29.8 Å². The lowest BCUT2D eigenvalue weighted by molar-refractivity contribution is -0.145. The van der Waals surface area contributed by atoms with Gasteiger partial charge in [-0.25, -0.2) is 0 Å². The first-order chi connectivity index (χ1) is 8.74. The number of aryl methyl sites for hydroxylation is 1. The van der Waals surface area contributed by atoms with Crippen molar-refractivity contribution in [2.45, 2.75) is 50.2 Å². The lowest BCUT2D eigenvalue weighted by Crippen LogP contribution is -2.51. The van der Waals surface area contributed by atoms with Gasteiger partial charge in [0, 0.05) is 4.90 Å². The SMILES string of the molecule is Cc1ccccc1SC1(C(=O)O)CC(C(C)(C)C)C1. The van der Waals surface area contributed by atoms with Gasteiger partial charge in [0.25, 0.3) is 0 Å². The monoisotopic (exact) mass is 278 g/mol. The van der Waals surface area contributed by atoms with Gasteiger partial charge in [0.1, 0.15) is 4.75 Å². The first kappa shape index (κ1) is 14.4. The molecule has 0 bridgehead atoms. The van der Waals surface area contributed by atoms with E-state index in [1.165, 1.54) is 11.8 Å². The van der Waals surface area contributed by atoms with Crippen molar-refractivity contribution in [2.24, 2.45) is 11.3 Å². The molecule has 3 heteroatoms. The number of thioether (sulfide) groups is 1. The van der Waals surface area contributed by atoms with E-state index in [-0.39, 0.29) is 5.41 Å². The zero-order valence-corrected chi connectivity index (χ0v) is 12.9. The predicted octanol–water partition coefficient (Wildman–Crippen LogP) is 4.37. The van der Waals surface area contributed by atoms with Gasteiger partial charge >= 0.3 is 5.97 Å². The molecule has 1 aromatic carbocycles. The van der Waals surface area contributed by atoms with Gasteiger partial charge in [0.05, 0.1) is 0 Å². The van der Waals surface area contributed by atoms with Crippen molar-refractivity contribution >= 4 is 17.7 Å². The number of hydrogen-bond donors (Lipinski definition) is 1. The number of carboxylic acids is 1. The normalized spacial score (nSPS) is 26.8. The molecule has 1 saturated carbocycles. The van der Waals surface area contributed by atoms with Gasteiger partial charge in [-0.3, -0.25) is 4.79 Å². The Labute approximate surface area is 119 Å². The van der Waals surface area contributed by atoms with Crippen LogP contribution in [0.1, 0.15) is 39.2 Å². The van der Waals surface area contributed by atoms with Gasteiger partial charge in [-0.15, -0.1) is 11.8 Å². The van der Waals surface area contributed by atoms with Crippen molar-refractivity contribution in [3.63, 3.8) is 0 Å².